The fraction of sp³-hybridized carbons (Fsp3) is 0.0526. The Kier molecular flexibility index (Phi) is 4.64. The normalized spacial score (nSPS) is 20.2. The molecule has 0 bridgehead atoms. The summed E-state index contributed by atoms with van der Waals surface area (Å²) in [4.78, 5) is 20.4. The Balaban J connectivity index is 1.86. The average Bonchev–Trinajstić information content (AvgIpc) is 2.60. The summed E-state index contributed by atoms with van der Waals surface area (Å²) < 4.78 is 0. The van der Waals surface area contributed by atoms with E-state index in [1.165, 1.54) is 0 Å². The molecule has 2 aliphatic rings. The number of amides is 1. The highest BCUT2D eigenvalue weighted by Gasteiger charge is 2.28. The molecule has 0 saturated carbocycles. The van der Waals surface area contributed by atoms with Gasteiger partial charge in [-0.25, -0.2) is 4.99 Å². The zero-order valence-corrected chi connectivity index (χ0v) is 13.3. The zero-order chi connectivity index (χ0) is 16.9. The third-order valence-corrected chi connectivity index (χ3v) is 3.74. The molecular formula is C19H12ClN3O. The fourth-order valence-electron chi connectivity index (χ4n) is 2.30. The molecule has 3 rings (SSSR count). The lowest BCUT2D eigenvalue weighted by Crippen LogP contribution is -2.27. The third kappa shape index (κ3) is 3.48. The van der Waals surface area contributed by atoms with E-state index in [0.717, 1.165) is 5.56 Å². The van der Waals surface area contributed by atoms with Gasteiger partial charge in [-0.1, -0.05) is 54.1 Å². The van der Waals surface area contributed by atoms with Crippen molar-refractivity contribution in [3.63, 3.8) is 0 Å². The molecule has 1 atom stereocenters. The van der Waals surface area contributed by atoms with Gasteiger partial charge in [0.05, 0.1) is 11.3 Å². The van der Waals surface area contributed by atoms with Crippen molar-refractivity contribution < 1.29 is 4.79 Å². The van der Waals surface area contributed by atoms with Gasteiger partial charge in [0.15, 0.2) is 5.84 Å². The molecule has 0 N–H and O–H groups in total. The van der Waals surface area contributed by atoms with Gasteiger partial charge >= 0.3 is 0 Å². The van der Waals surface area contributed by atoms with E-state index in [1.54, 1.807) is 30.4 Å². The van der Waals surface area contributed by atoms with E-state index >= 15 is 0 Å². The van der Waals surface area contributed by atoms with Crippen LogP contribution in [0.15, 0.2) is 81.3 Å². The van der Waals surface area contributed by atoms with Crippen molar-refractivity contribution in [1.29, 1.82) is 5.26 Å². The lowest BCUT2D eigenvalue weighted by Gasteiger charge is -2.18. The number of nitrogens with zero attached hydrogens (tertiary/aromatic N) is 3. The van der Waals surface area contributed by atoms with Crippen LogP contribution in [0, 0.1) is 17.2 Å². The Morgan fingerprint density at radius 2 is 2.00 bits per heavy atom. The van der Waals surface area contributed by atoms with Crippen LogP contribution in [0.4, 0.5) is 0 Å². The minimum Gasteiger partial charge on any atom is -0.271 e. The molecule has 0 aromatic heterocycles. The lowest BCUT2D eigenvalue weighted by atomic mass is 9.96. The summed E-state index contributed by atoms with van der Waals surface area (Å²) in [7, 11) is 0. The van der Waals surface area contributed by atoms with Crippen molar-refractivity contribution in [2.24, 2.45) is 15.9 Å². The summed E-state index contributed by atoms with van der Waals surface area (Å²) in [6, 6.07) is 11.7. The number of hydrogen-bond acceptors (Lipinski definition) is 3. The maximum atomic E-state index is 12.1. The first-order valence-corrected chi connectivity index (χ1v) is 7.65. The van der Waals surface area contributed by atoms with Crippen LogP contribution in [0.3, 0.4) is 0 Å². The minimum absolute atomic E-state index is 0.127. The van der Waals surface area contributed by atoms with Crippen molar-refractivity contribution in [2.75, 3.05) is 0 Å². The zero-order valence-electron chi connectivity index (χ0n) is 12.6. The second kappa shape index (κ2) is 7.03. The van der Waals surface area contributed by atoms with Gasteiger partial charge in [0.25, 0.3) is 5.91 Å². The first-order valence-electron chi connectivity index (χ1n) is 7.28. The van der Waals surface area contributed by atoms with Gasteiger partial charge in [-0.3, -0.25) is 4.79 Å². The number of nitriles is 1. The summed E-state index contributed by atoms with van der Waals surface area (Å²) in [5.41, 5.74) is 1.78. The van der Waals surface area contributed by atoms with Gasteiger partial charge in [-0.05, 0) is 29.9 Å². The number of amidine groups is 1. The molecule has 4 nitrogen and oxygen atoms in total. The molecule has 5 heteroatoms. The van der Waals surface area contributed by atoms with E-state index < -0.39 is 5.92 Å². The highest BCUT2D eigenvalue weighted by Crippen LogP contribution is 2.23. The second-order valence-electron chi connectivity index (χ2n) is 5.13. The number of halogens is 1. The van der Waals surface area contributed by atoms with Gasteiger partial charge in [0.1, 0.15) is 12.0 Å². The lowest BCUT2D eigenvalue weighted by molar-refractivity contribution is -0.118. The standard InChI is InChI=1S/C19H12ClN3O/c20-15-9-10-17-16(11-15)19(24)23-18(22-17)14(12-21)8-4-7-13-5-2-1-3-6-13/h1-11,16H/b7-4+,14-8+. The maximum Gasteiger partial charge on any atom is 0.260 e. The summed E-state index contributed by atoms with van der Waals surface area (Å²) in [6.45, 7) is 0. The Labute approximate surface area is 144 Å². The average molecular weight is 334 g/mol. The van der Waals surface area contributed by atoms with E-state index in [1.807, 2.05) is 42.5 Å². The first kappa shape index (κ1) is 15.9. The number of rotatable bonds is 3. The number of fused-ring (bicyclic) bond motifs is 1. The number of hydrogen-bond donors (Lipinski definition) is 0. The number of carbonyl (C=O) groups excluding carboxylic acids is 1. The molecule has 0 spiro atoms. The number of carbonyl (C=O) groups is 1. The predicted octanol–water partition coefficient (Wildman–Crippen LogP) is 3.84. The topological polar surface area (TPSA) is 65.6 Å². The quantitative estimate of drug-likeness (QED) is 0.623. The molecule has 0 fully saturated rings. The molecule has 24 heavy (non-hydrogen) atoms. The Hall–Kier alpha value is -3.03. The van der Waals surface area contributed by atoms with Crippen molar-refractivity contribution in [1.82, 2.24) is 0 Å². The third-order valence-electron chi connectivity index (χ3n) is 3.49. The van der Waals surface area contributed by atoms with Crippen molar-refractivity contribution in [3.8, 4) is 6.07 Å². The molecule has 1 aliphatic carbocycles. The Bertz CT molecular complexity index is 896. The number of allylic oxidation sites excluding steroid dienone is 5. The van der Waals surface area contributed by atoms with Crippen LogP contribution in [-0.2, 0) is 4.79 Å². The highest BCUT2D eigenvalue weighted by atomic mass is 35.5. The van der Waals surface area contributed by atoms with Crippen molar-refractivity contribution in [2.45, 2.75) is 0 Å². The van der Waals surface area contributed by atoms with E-state index in [4.69, 9.17) is 11.6 Å². The van der Waals surface area contributed by atoms with Gasteiger partial charge in [0, 0.05) is 5.03 Å². The van der Waals surface area contributed by atoms with Crippen LogP contribution in [0.5, 0.6) is 0 Å². The molecular weight excluding hydrogens is 322 g/mol. The molecule has 1 amide bonds. The smallest absolute Gasteiger partial charge is 0.260 e. The van der Waals surface area contributed by atoms with Crippen LogP contribution in [0.2, 0.25) is 0 Å². The molecule has 1 heterocycles. The van der Waals surface area contributed by atoms with E-state index in [-0.39, 0.29) is 17.3 Å². The van der Waals surface area contributed by atoms with Crippen LogP contribution in [0.1, 0.15) is 5.56 Å². The minimum atomic E-state index is -0.564. The monoisotopic (exact) mass is 333 g/mol. The fourth-order valence-corrected chi connectivity index (χ4v) is 2.49. The Morgan fingerprint density at radius 3 is 2.75 bits per heavy atom. The molecule has 1 aromatic carbocycles. The second-order valence-corrected chi connectivity index (χ2v) is 5.57. The van der Waals surface area contributed by atoms with Gasteiger partial charge in [-0.2, -0.15) is 10.3 Å². The van der Waals surface area contributed by atoms with E-state index in [2.05, 4.69) is 9.98 Å². The predicted molar refractivity (Wildman–Crippen MR) is 95.6 cm³/mol. The molecule has 0 radical (unpaired) electrons. The van der Waals surface area contributed by atoms with Crippen LogP contribution < -0.4 is 0 Å². The van der Waals surface area contributed by atoms with Gasteiger partial charge in [-0.15, -0.1) is 0 Å². The molecule has 116 valence electrons. The first-order chi connectivity index (χ1) is 11.7. The van der Waals surface area contributed by atoms with Gasteiger partial charge in [0.2, 0.25) is 0 Å². The van der Waals surface area contributed by atoms with E-state index in [9.17, 15) is 10.1 Å². The van der Waals surface area contributed by atoms with Crippen LogP contribution >= 0.6 is 11.6 Å². The summed E-state index contributed by atoms with van der Waals surface area (Å²) >= 11 is 5.90. The molecule has 1 aliphatic heterocycles. The number of benzene rings is 1. The summed E-state index contributed by atoms with van der Waals surface area (Å²) in [6.07, 6.45) is 10.1. The largest absolute Gasteiger partial charge is 0.271 e. The maximum absolute atomic E-state index is 12.1. The van der Waals surface area contributed by atoms with Crippen LogP contribution in [0.25, 0.3) is 6.08 Å². The number of aliphatic imine (C=N–C) groups is 2. The van der Waals surface area contributed by atoms with Crippen LogP contribution in [-0.4, -0.2) is 17.5 Å². The Morgan fingerprint density at radius 1 is 1.21 bits per heavy atom. The van der Waals surface area contributed by atoms with E-state index in [0.29, 0.717) is 10.7 Å². The molecule has 1 aromatic rings. The highest BCUT2D eigenvalue weighted by molar-refractivity contribution is 6.34. The molecule has 0 saturated heterocycles. The van der Waals surface area contributed by atoms with Crippen molar-refractivity contribution >= 4 is 35.1 Å². The summed E-state index contributed by atoms with van der Waals surface area (Å²) in [5.74, 6) is -0.806. The summed E-state index contributed by atoms with van der Waals surface area (Å²) in [5, 5.41) is 9.81. The SMILES string of the molecule is N#C/C(=C\C=C\c1ccccc1)C1=NC(=O)C2C=C(Cl)C=CC2=N1. The molecule has 1 unspecified atom stereocenters. The van der Waals surface area contributed by atoms with Crippen molar-refractivity contribution in [3.05, 3.63) is 76.9 Å². The van der Waals surface area contributed by atoms with Gasteiger partial charge < -0.3 is 0 Å².